The van der Waals surface area contributed by atoms with E-state index in [1.165, 1.54) is 25.4 Å². The van der Waals surface area contributed by atoms with Crippen molar-refractivity contribution in [1.82, 2.24) is 9.97 Å². The summed E-state index contributed by atoms with van der Waals surface area (Å²) in [6.45, 7) is 1.21. The zero-order valence-electron chi connectivity index (χ0n) is 11.0. The van der Waals surface area contributed by atoms with Gasteiger partial charge in [-0.25, -0.2) is 9.78 Å². The number of hydrogen-bond donors (Lipinski definition) is 2. The van der Waals surface area contributed by atoms with Crippen molar-refractivity contribution in [2.75, 3.05) is 0 Å². The van der Waals surface area contributed by atoms with E-state index < -0.39 is 17.8 Å². The lowest BCUT2D eigenvalue weighted by molar-refractivity contribution is -0.131. The normalized spacial score (nSPS) is 9.95. The van der Waals surface area contributed by atoms with Crippen molar-refractivity contribution in [3.05, 3.63) is 41.9 Å². The zero-order valence-corrected chi connectivity index (χ0v) is 11.0. The molecule has 0 bridgehead atoms. The molecule has 0 aliphatic heterocycles. The minimum absolute atomic E-state index is 0.0196. The number of benzene rings is 1. The number of aromatic nitrogens is 2. The Bertz CT molecular complexity index is 707. The number of aromatic amines is 1. The minimum atomic E-state index is -0.832. The molecule has 0 radical (unpaired) electrons. The van der Waals surface area contributed by atoms with Gasteiger partial charge < -0.3 is 20.2 Å². The minimum Gasteiger partial charge on any atom is -0.426 e. The lowest BCUT2D eigenvalue weighted by Crippen LogP contribution is -2.17. The number of rotatable bonds is 4. The van der Waals surface area contributed by atoms with Gasteiger partial charge in [-0.1, -0.05) is 12.1 Å². The second-order valence-corrected chi connectivity index (χ2v) is 3.93. The van der Waals surface area contributed by atoms with E-state index >= 15 is 0 Å². The Balaban J connectivity index is 2.26. The first-order valence-electron chi connectivity index (χ1n) is 5.82. The highest BCUT2D eigenvalue weighted by molar-refractivity contribution is 5.97. The lowest BCUT2D eigenvalue weighted by Gasteiger charge is -2.07. The number of carbonyl (C=O) groups is 3. The number of carbonyl (C=O) groups excluding carboxylic acids is 3. The SMILES string of the molecule is CC(=O)Oc1ccccc1C(=O)Oc1nc[nH]c1C(N)=O. The Hall–Kier alpha value is -3.16. The third-order valence-electron chi connectivity index (χ3n) is 2.40. The molecule has 1 aromatic carbocycles. The first-order valence-corrected chi connectivity index (χ1v) is 5.82. The van der Waals surface area contributed by atoms with Crippen LogP contribution in [0.3, 0.4) is 0 Å². The van der Waals surface area contributed by atoms with Crippen LogP contribution < -0.4 is 15.2 Å². The molecule has 1 heterocycles. The van der Waals surface area contributed by atoms with Crippen LogP contribution in [0.25, 0.3) is 0 Å². The number of para-hydroxylation sites is 1. The number of H-pyrrole nitrogens is 1. The van der Waals surface area contributed by atoms with E-state index in [1.54, 1.807) is 12.1 Å². The lowest BCUT2D eigenvalue weighted by atomic mass is 10.2. The quantitative estimate of drug-likeness (QED) is 0.629. The molecule has 0 fully saturated rings. The van der Waals surface area contributed by atoms with E-state index in [-0.39, 0.29) is 22.9 Å². The molecule has 21 heavy (non-hydrogen) atoms. The molecule has 0 aliphatic carbocycles. The fraction of sp³-hybridized carbons (Fsp3) is 0.0769. The highest BCUT2D eigenvalue weighted by Crippen LogP contribution is 2.21. The van der Waals surface area contributed by atoms with Gasteiger partial charge in [0.05, 0.1) is 6.33 Å². The molecule has 0 unspecified atom stereocenters. The van der Waals surface area contributed by atoms with Crippen molar-refractivity contribution >= 4 is 17.8 Å². The molecular formula is C13H11N3O5. The molecule has 0 spiro atoms. The number of nitrogens with two attached hydrogens (primary N) is 1. The monoisotopic (exact) mass is 289 g/mol. The first kappa shape index (κ1) is 14.3. The number of hydrogen-bond acceptors (Lipinski definition) is 6. The number of esters is 2. The number of imidazole rings is 1. The highest BCUT2D eigenvalue weighted by Gasteiger charge is 2.20. The molecule has 0 atom stereocenters. The fourth-order valence-corrected chi connectivity index (χ4v) is 1.56. The third-order valence-corrected chi connectivity index (χ3v) is 2.40. The van der Waals surface area contributed by atoms with Crippen LogP contribution in [-0.4, -0.2) is 27.8 Å². The van der Waals surface area contributed by atoms with Crippen molar-refractivity contribution in [3.63, 3.8) is 0 Å². The summed E-state index contributed by atoms with van der Waals surface area (Å²) in [5.74, 6) is -2.42. The molecule has 3 N–H and O–H groups in total. The van der Waals surface area contributed by atoms with Crippen LogP contribution in [0.2, 0.25) is 0 Å². The van der Waals surface area contributed by atoms with Gasteiger partial charge in [-0.2, -0.15) is 0 Å². The molecule has 8 heteroatoms. The Morgan fingerprint density at radius 2 is 1.90 bits per heavy atom. The number of amides is 1. The van der Waals surface area contributed by atoms with Crippen LogP contribution in [0.15, 0.2) is 30.6 Å². The predicted molar refractivity (Wildman–Crippen MR) is 69.8 cm³/mol. The largest absolute Gasteiger partial charge is 0.426 e. The Morgan fingerprint density at radius 3 is 2.57 bits per heavy atom. The summed E-state index contributed by atoms with van der Waals surface area (Å²) in [7, 11) is 0. The van der Waals surface area contributed by atoms with Crippen molar-refractivity contribution in [2.45, 2.75) is 6.92 Å². The van der Waals surface area contributed by atoms with Crippen LogP contribution in [0, 0.1) is 0 Å². The average Bonchev–Trinajstić information content (AvgIpc) is 2.86. The Kier molecular flexibility index (Phi) is 3.98. The van der Waals surface area contributed by atoms with E-state index in [4.69, 9.17) is 15.2 Å². The van der Waals surface area contributed by atoms with Gasteiger partial charge in [0, 0.05) is 6.92 Å². The number of nitrogens with one attached hydrogen (secondary N) is 1. The van der Waals surface area contributed by atoms with Crippen molar-refractivity contribution < 1.29 is 23.9 Å². The second-order valence-electron chi connectivity index (χ2n) is 3.93. The Morgan fingerprint density at radius 1 is 1.19 bits per heavy atom. The molecule has 0 saturated carbocycles. The van der Waals surface area contributed by atoms with E-state index in [1.807, 2.05) is 0 Å². The third kappa shape index (κ3) is 3.24. The molecular weight excluding hydrogens is 278 g/mol. The maximum atomic E-state index is 12.1. The van der Waals surface area contributed by atoms with Crippen LogP contribution in [0.5, 0.6) is 11.6 Å². The van der Waals surface area contributed by atoms with Gasteiger partial charge in [-0.15, -0.1) is 0 Å². The summed E-state index contributed by atoms with van der Waals surface area (Å²) in [4.78, 5) is 40.3. The summed E-state index contributed by atoms with van der Waals surface area (Å²) in [5, 5.41) is 0. The number of primary amides is 1. The van der Waals surface area contributed by atoms with Gasteiger partial charge in [0.2, 0.25) is 0 Å². The molecule has 108 valence electrons. The molecule has 2 aromatic rings. The van der Waals surface area contributed by atoms with Crippen molar-refractivity contribution in [2.24, 2.45) is 5.73 Å². The first-order chi connectivity index (χ1) is 9.99. The van der Waals surface area contributed by atoms with Crippen LogP contribution in [-0.2, 0) is 4.79 Å². The average molecular weight is 289 g/mol. The van der Waals surface area contributed by atoms with Crippen molar-refractivity contribution in [1.29, 1.82) is 0 Å². The predicted octanol–water partition coefficient (Wildman–Crippen LogP) is 0.653. The summed E-state index contributed by atoms with van der Waals surface area (Å²) >= 11 is 0. The molecule has 1 aromatic heterocycles. The van der Waals surface area contributed by atoms with Gasteiger partial charge in [-0.3, -0.25) is 9.59 Å². The van der Waals surface area contributed by atoms with E-state index in [2.05, 4.69) is 9.97 Å². The molecule has 2 rings (SSSR count). The van der Waals surface area contributed by atoms with Gasteiger partial charge in [0.25, 0.3) is 11.8 Å². The van der Waals surface area contributed by atoms with Gasteiger partial charge in [0.1, 0.15) is 11.3 Å². The topological polar surface area (TPSA) is 124 Å². The maximum absolute atomic E-state index is 12.1. The molecule has 1 amide bonds. The summed E-state index contributed by atoms with van der Waals surface area (Å²) < 4.78 is 9.89. The fourth-order valence-electron chi connectivity index (χ4n) is 1.56. The zero-order chi connectivity index (χ0) is 15.4. The van der Waals surface area contributed by atoms with Crippen LogP contribution in [0.4, 0.5) is 0 Å². The number of nitrogens with zero attached hydrogens (tertiary/aromatic N) is 1. The molecule has 8 nitrogen and oxygen atoms in total. The maximum Gasteiger partial charge on any atom is 0.348 e. The molecule has 0 aliphatic rings. The highest BCUT2D eigenvalue weighted by atomic mass is 16.6. The smallest absolute Gasteiger partial charge is 0.348 e. The van der Waals surface area contributed by atoms with E-state index in [9.17, 15) is 14.4 Å². The van der Waals surface area contributed by atoms with Crippen LogP contribution >= 0.6 is 0 Å². The standard InChI is InChI=1S/C13H11N3O5/c1-7(17)20-9-5-3-2-4-8(9)13(19)21-12-10(11(14)18)15-6-16-12/h2-6H,1H3,(H2,14,18)(H,15,16). The van der Waals surface area contributed by atoms with Gasteiger partial charge in [-0.05, 0) is 12.1 Å². The second kappa shape index (κ2) is 5.87. The van der Waals surface area contributed by atoms with E-state index in [0.717, 1.165) is 0 Å². The Labute approximate surface area is 118 Å². The molecule has 0 saturated heterocycles. The number of ether oxygens (including phenoxy) is 2. The summed E-state index contributed by atoms with van der Waals surface area (Å²) in [5.41, 5.74) is 4.99. The van der Waals surface area contributed by atoms with Gasteiger partial charge in [0.15, 0.2) is 5.69 Å². The van der Waals surface area contributed by atoms with Crippen LogP contribution in [0.1, 0.15) is 27.8 Å². The van der Waals surface area contributed by atoms with Gasteiger partial charge >= 0.3 is 11.9 Å². The van der Waals surface area contributed by atoms with Crippen molar-refractivity contribution in [3.8, 4) is 11.6 Å². The summed E-state index contributed by atoms with van der Waals surface area (Å²) in [6, 6.07) is 6.02. The van der Waals surface area contributed by atoms with E-state index in [0.29, 0.717) is 0 Å². The summed E-state index contributed by atoms with van der Waals surface area (Å²) in [6.07, 6.45) is 1.17.